The maximum Gasteiger partial charge on any atom is 0.199 e. The molecule has 0 saturated carbocycles. The van der Waals surface area contributed by atoms with E-state index in [1.54, 1.807) is 0 Å². The highest BCUT2D eigenvalue weighted by Crippen LogP contribution is 2.00. The number of aryl methyl sites for hydroxylation is 1. The normalized spacial score (nSPS) is 10.3. The summed E-state index contributed by atoms with van der Waals surface area (Å²) in [6, 6.07) is 10.5. The van der Waals surface area contributed by atoms with Gasteiger partial charge in [0.1, 0.15) is 5.69 Å². The van der Waals surface area contributed by atoms with Gasteiger partial charge in [0.05, 0.1) is 6.20 Å². The van der Waals surface area contributed by atoms with Crippen molar-refractivity contribution in [2.75, 3.05) is 0 Å². The zero-order valence-electron chi connectivity index (χ0n) is 9.14. The molecule has 0 amide bonds. The first kappa shape index (κ1) is 9.84. The molecule has 1 aromatic carbocycles. The van der Waals surface area contributed by atoms with Crippen molar-refractivity contribution in [3.63, 3.8) is 0 Å². The lowest BCUT2D eigenvalue weighted by atomic mass is 10.2. The van der Waals surface area contributed by atoms with Gasteiger partial charge in [0.2, 0.25) is 0 Å². The molecule has 2 nitrogen and oxygen atoms in total. The summed E-state index contributed by atoms with van der Waals surface area (Å²) < 4.78 is 2.22. The van der Waals surface area contributed by atoms with Crippen molar-refractivity contribution in [3.05, 3.63) is 59.7 Å². The van der Waals surface area contributed by atoms with E-state index >= 15 is 0 Å². The van der Waals surface area contributed by atoms with Crippen LogP contribution in [-0.4, -0.2) is 4.98 Å². The SMILES string of the molecule is Cc1ncc[n+](Cc2ccccc2)c1C. The molecule has 76 valence electrons. The predicted octanol–water partition coefficient (Wildman–Crippen LogP) is 2.03. The van der Waals surface area contributed by atoms with Crippen LogP contribution in [0.5, 0.6) is 0 Å². The Morgan fingerprint density at radius 2 is 1.87 bits per heavy atom. The van der Waals surface area contributed by atoms with Gasteiger partial charge in [-0.1, -0.05) is 30.3 Å². The summed E-state index contributed by atoms with van der Waals surface area (Å²) in [5, 5.41) is 0. The zero-order chi connectivity index (χ0) is 10.7. The minimum atomic E-state index is 0.913. The molecular weight excluding hydrogens is 184 g/mol. The molecule has 0 saturated heterocycles. The molecule has 2 aromatic rings. The lowest BCUT2D eigenvalue weighted by Crippen LogP contribution is -2.38. The molecule has 2 heteroatoms. The van der Waals surface area contributed by atoms with Gasteiger partial charge < -0.3 is 0 Å². The average molecular weight is 199 g/mol. The standard InChI is InChI=1S/C13H15N2/c1-11-12(2)15(9-8-14-11)10-13-6-4-3-5-7-13/h3-9H,10H2,1-2H3/q+1. The van der Waals surface area contributed by atoms with Crippen LogP contribution in [0, 0.1) is 13.8 Å². The molecule has 0 aliphatic heterocycles. The van der Waals surface area contributed by atoms with Crippen molar-refractivity contribution in [2.24, 2.45) is 0 Å². The summed E-state index contributed by atoms with van der Waals surface area (Å²) in [5.41, 5.74) is 3.63. The molecule has 0 atom stereocenters. The van der Waals surface area contributed by atoms with Crippen molar-refractivity contribution in [1.29, 1.82) is 0 Å². The zero-order valence-corrected chi connectivity index (χ0v) is 9.14. The minimum Gasteiger partial charge on any atom is -0.249 e. The molecule has 0 bridgehead atoms. The number of benzene rings is 1. The molecule has 0 N–H and O–H groups in total. The fourth-order valence-corrected chi connectivity index (χ4v) is 1.59. The second kappa shape index (κ2) is 4.22. The van der Waals surface area contributed by atoms with E-state index in [0.717, 1.165) is 12.2 Å². The van der Waals surface area contributed by atoms with Crippen LogP contribution in [-0.2, 0) is 6.54 Å². The lowest BCUT2D eigenvalue weighted by Gasteiger charge is -2.01. The monoisotopic (exact) mass is 199 g/mol. The first-order valence-corrected chi connectivity index (χ1v) is 5.13. The maximum absolute atomic E-state index is 4.26. The quantitative estimate of drug-likeness (QED) is 0.676. The Morgan fingerprint density at radius 3 is 2.60 bits per heavy atom. The van der Waals surface area contributed by atoms with Crippen LogP contribution in [0.4, 0.5) is 0 Å². The summed E-state index contributed by atoms with van der Waals surface area (Å²) in [5.74, 6) is 0. The number of nitrogens with zero attached hydrogens (tertiary/aromatic N) is 2. The van der Waals surface area contributed by atoms with Gasteiger partial charge in [0, 0.05) is 12.5 Å². The van der Waals surface area contributed by atoms with E-state index in [1.807, 2.05) is 25.4 Å². The van der Waals surface area contributed by atoms with Crippen molar-refractivity contribution in [1.82, 2.24) is 4.98 Å². The summed E-state index contributed by atoms with van der Waals surface area (Å²) in [6.45, 7) is 5.05. The van der Waals surface area contributed by atoms with Crippen LogP contribution < -0.4 is 4.57 Å². The predicted molar refractivity (Wildman–Crippen MR) is 59.5 cm³/mol. The Balaban J connectivity index is 2.29. The van der Waals surface area contributed by atoms with E-state index < -0.39 is 0 Å². The van der Waals surface area contributed by atoms with Crippen molar-refractivity contribution < 1.29 is 4.57 Å². The Bertz CT molecular complexity index is 449. The lowest BCUT2D eigenvalue weighted by molar-refractivity contribution is -0.695. The summed E-state index contributed by atoms with van der Waals surface area (Å²) in [7, 11) is 0. The molecule has 0 fully saturated rings. The third kappa shape index (κ3) is 2.21. The van der Waals surface area contributed by atoms with E-state index in [-0.39, 0.29) is 0 Å². The highest BCUT2D eigenvalue weighted by Gasteiger charge is 2.09. The van der Waals surface area contributed by atoms with Crippen LogP contribution in [0.1, 0.15) is 17.0 Å². The highest BCUT2D eigenvalue weighted by molar-refractivity contribution is 5.13. The second-order valence-electron chi connectivity index (χ2n) is 3.71. The summed E-state index contributed by atoms with van der Waals surface area (Å²) in [6.07, 6.45) is 3.88. The van der Waals surface area contributed by atoms with Gasteiger partial charge in [-0.15, -0.1) is 0 Å². The summed E-state index contributed by atoms with van der Waals surface area (Å²) >= 11 is 0. The van der Waals surface area contributed by atoms with E-state index in [9.17, 15) is 0 Å². The van der Waals surface area contributed by atoms with Crippen LogP contribution in [0.25, 0.3) is 0 Å². The second-order valence-corrected chi connectivity index (χ2v) is 3.71. The third-order valence-electron chi connectivity index (χ3n) is 2.66. The van der Waals surface area contributed by atoms with Gasteiger partial charge in [0.15, 0.2) is 18.4 Å². The maximum atomic E-state index is 4.26. The van der Waals surface area contributed by atoms with Crippen molar-refractivity contribution in [3.8, 4) is 0 Å². The summed E-state index contributed by atoms with van der Waals surface area (Å²) in [4.78, 5) is 4.26. The largest absolute Gasteiger partial charge is 0.249 e. The number of aromatic nitrogens is 2. The van der Waals surface area contributed by atoms with Gasteiger partial charge >= 0.3 is 0 Å². The van der Waals surface area contributed by atoms with E-state index in [0.29, 0.717) is 0 Å². The van der Waals surface area contributed by atoms with Crippen LogP contribution in [0.15, 0.2) is 42.7 Å². The topological polar surface area (TPSA) is 16.8 Å². The molecule has 0 aliphatic rings. The fourth-order valence-electron chi connectivity index (χ4n) is 1.59. The molecule has 0 spiro atoms. The Morgan fingerprint density at radius 1 is 1.13 bits per heavy atom. The molecular formula is C13H15N2+. The van der Waals surface area contributed by atoms with E-state index in [2.05, 4.69) is 40.7 Å². The first-order valence-electron chi connectivity index (χ1n) is 5.13. The molecule has 0 aliphatic carbocycles. The van der Waals surface area contributed by atoms with Crippen LogP contribution in [0.2, 0.25) is 0 Å². The van der Waals surface area contributed by atoms with Gasteiger partial charge in [-0.2, -0.15) is 4.57 Å². The average Bonchev–Trinajstić information content (AvgIpc) is 2.26. The first-order chi connectivity index (χ1) is 7.27. The Hall–Kier alpha value is -1.70. The van der Waals surface area contributed by atoms with Gasteiger partial charge in [0.25, 0.3) is 0 Å². The fraction of sp³-hybridized carbons (Fsp3) is 0.231. The van der Waals surface area contributed by atoms with E-state index in [1.165, 1.54) is 11.3 Å². The Kier molecular flexibility index (Phi) is 2.77. The Labute approximate surface area is 90.2 Å². The molecule has 1 aromatic heterocycles. The molecule has 0 radical (unpaired) electrons. The highest BCUT2D eigenvalue weighted by atomic mass is 15.0. The third-order valence-corrected chi connectivity index (χ3v) is 2.66. The molecule has 15 heavy (non-hydrogen) atoms. The van der Waals surface area contributed by atoms with Crippen molar-refractivity contribution >= 4 is 0 Å². The van der Waals surface area contributed by atoms with Crippen LogP contribution in [0.3, 0.4) is 0 Å². The van der Waals surface area contributed by atoms with E-state index in [4.69, 9.17) is 0 Å². The smallest absolute Gasteiger partial charge is 0.199 e. The van der Waals surface area contributed by atoms with Crippen molar-refractivity contribution in [2.45, 2.75) is 20.4 Å². The number of hydrogen-bond donors (Lipinski definition) is 0. The molecule has 0 unspecified atom stereocenters. The van der Waals surface area contributed by atoms with Gasteiger partial charge in [-0.05, 0) is 6.92 Å². The minimum absolute atomic E-state index is 0.913. The number of rotatable bonds is 2. The molecule has 1 heterocycles. The number of hydrogen-bond acceptors (Lipinski definition) is 1. The van der Waals surface area contributed by atoms with Crippen LogP contribution >= 0.6 is 0 Å². The van der Waals surface area contributed by atoms with Gasteiger partial charge in [-0.3, -0.25) is 0 Å². The van der Waals surface area contributed by atoms with Gasteiger partial charge in [-0.25, -0.2) is 4.98 Å². The molecule has 2 rings (SSSR count).